The Morgan fingerprint density at radius 1 is 1.12 bits per heavy atom. The highest BCUT2D eigenvalue weighted by Crippen LogP contribution is 2.23. The van der Waals surface area contributed by atoms with Crippen molar-refractivity contribution < 1.29 is 0 Å². The molecule has 1 aromatic carbocycles. The molecule has 126 valence electrons. The highest BCUT2D eigenvalue weighted by Gasteiger charge is 2.19. The normalized spacial score (nSPS) is 14.3. The fourth-order valence-electron chi connectivity index (χ4n) is 3.05. The largest absolute Gasteiger partial charge is 0.294 e. The van der Waals surface area contributed by atoms with Crippen LogP contribution in [0.4, 0.5) is 0 Å². The lowest BCUT2D eigenvalue weighted by molar-refractivity contribution is 0.242. The molecule has 0 N–H and O–H groups in total. The van der Waals surface area contributed by atoms with Crippen LogP contribution in [0, 0.1) is 0 Å². The van der Waals surface area contributed by atoms with Crippen LogP contribution >= 0.6 is 27.5 Å². The lowest BCUT2D eigenvalue weighted by Gasteiger charge is -2.28. The number of rotatable bonds is 3. The third-order valence-electron chi connectivity index (χ3n) is 4.28. The van der Waals surface area contributed by atoms with E-state index in [1.165, 1.54) is 11.1 Å². The molecule has 3 heterocycles. The van der Waals surface area contributed by atoms with E-state index in [9.17, 15) is 0 Å². The van der Waals surface area contributed by atoms with Crippen molar-refractivity contribution in [3.63, 3.8) is 0 Å². The van der Waals surface area contributed by atoms with Crippen molar-refractivity contribution in [1.29, 1.82) is 0 Å². The standard InChI is InChI=1S/C19H16BrClN4/c20-16-7-13(8-22-10-16)11-25-6-5-18-15(12-25)9-23-19(24-18)14-1-3-17(21)4-2-14/h1-4,7-10H,5-6,11-12H2. The van der Waals surface area contributed by atoms with E-state index in [-0.39, 0.29) is 0 Å². The van der Waals surface area contributed by atoms with Gasteiger partial charge in [-0.15, -0.1) is 0 Å². The van der Waals surface area contributed by atoms with Gasteiger partial charge in [-0.05, 0) is 51.8 Å². The number of hydrogen-bond donors (Lipinski definition) is 0. The first-order chi connectivity index (χ1) is 12.2. The van der Waals surface area contributed by atoms with Gasteiger partial charge in [-0.1, -0.05) is 11.6 Å². The van der Waals surface area contributed by atoms with Crippen LogP contribution in [0.5, 0.6) is 0 Å². The molecule has 0 bridgehead atoms. The van der Waals surface area contributed by atoms with Gasteiger partial charge in [-0.25, -0.2) is 9.97 Å². The number of aromatic nitrogens is 3. The number of hydrogen-bond acceptors (Lipinski definition) is 4. The molecule has 0 fully saturated rings. The van der Waals surface area contributed by atoms with Crippen LogP contribution < -0.4 is 0 Å². The van der Waals surface area contributed by atoms with Crippen molar-refractivity contribution in [1.82, 2.24) is 19.9 Å². The fourth-order valence-corrected chi connectivity index (χ4v) is 3.59. The maximum absolute atomic E-state index is 5.95. The Morgan fingerprint density at radius 2 is 1.96 bits per heavy atom. The van der Waals surface area contributed by atoms with Crippen LogP contribution in [0.2, 0.25) is 5.02 Å². The Balaban J connectivity index is 1.51. The van der Waals surface area contributed by atoms with Crippen LogP contribution in [0.1, 0.15) is 16.8 Å². The van der Waals surface area contributed by atoms with E-state index in [0.29, 0.717) is 0 Å². The van der Waals surface area contributed by atoms with Crippen molar-refractivity contribution in [3.05, 3.63) is 75.2 Å². The summed E-state index contributed by atoms with van der Waals surface area (Å²) in [5, 5.41) is 0.722. The van der Waals surface area contributed by atoms with E-state index < -0.39 is 0 Å². The molecule has 0 spiro atoms. The first kappa shape index (κ1) is 16.6. The molecule has 0 saturated heterocycles. The molecule has 4 rings (SSSR count). The summed E-state index contributed by atoms with van der Waals surface area (Å²) in [6.45, 7) is 2.73. The quantitative estimate of drug-likeness (QED) is 0.631. The van der Waals surface area contributed by atoms with Gasteiger partial charge in [0.2, 0.25) is 0 Å². The summed E-state index contributed by atoms with van der Waals surface area (Å²) in [4.78, 5) is 16.0. The summed E-state index contributed by atoms with van der Waals surface area (Å²) in [6, 6.07) is 9.77. The molecule has 1 aliphatic heterocycles. The summed E-state index contributed by atoms with van der Waals surface area (Å²) in [7, 11) is 0. The highest BCUT2D eigenvalue weighted by molar-refractivity contribution is 9.10. The molecular weight excluding hydrogens is 400 g/mol. The third kappa shape index (κ3) is 3.89. The Kier molecular flexibility index (Phi) is 4.79. The van der Waals surface area contributed by atoms with E-state index in [4.69, 9.17) is 16.6 Å². The maximum atomic E-state index is 5.95. The number of fused-ring (bicyclic) bond motifs is 1. The second kappa shape index (κ2) is 7.20. The van der Waals surface area contributed by atoms with Gasteiger partial charge in [0.1, 0.15) is 0 Å². The zero-order valence-corrected chi connectivity index (χ0v) is 15.8. The van der Waals surface area contributed by atoms with Crippen LogP contribution in [0.15, 0.2) is 53.4 Å². The average molecular weight is 416 g/mol. The van der Waals surface area contributed by atoms with Crippen LogP contribution in [-0.2, 0) is 19.5 Å². The first-order valence-electron chi connectivity index (χ1n) is 8.10. The highest BCUT2D eigenvalue weighted by atomic mass is 79.9. The molecule has 4 nitrogen and oxygen atoms in total. The Hall–Kier alpha value is -1.82. The van der Waals surface area contributed by atoms with Crippen molar-refractivity contribution in [2.24, 2.45) is 0 Å². The summed E-state index contributed by atoms with van der Waals surface area (Å²) >= 11 is 9.43. The van der Waals surface area contributed by atoms with Crippen LogP contribution in [0.3, 0.4) is 0 Å². The molecule has 1 aliphatic rings. The molecule has 0 unspecified atom stereocenters. The fraction of sp³-hybridized carbons (Fsp3) is 0.211. The van der Waals surface area contributed by atoms with Gasteiger partial charge in [-0.2, -0.15) is 0 Å². The first-order valence-corrected chi connectivity index (χ1v) is 9.27. The van der Waals surface area contributed by atoms with Crippen molar-refractivity contribution in [2.75, 3.05) is 6.54 Å². The Morgan fingerprint density at radius 3 is 2.76 bits per heavy atom. The SMILES string of the molecule is Clc1ccc(-c2ncc3c(n2)CCN(Cc2cncc(Br)c2)C3)cc1. The van der Waals surface area contributed by atoms with Gasteiger partial charge in [0.15, 0.2) is 5.82 Å². The van der Waals surface area contributed by atoms with Crippen LogP contribution in [0.25, 0.3) is 11.4 Å². The van der Waals surface area contributed by atoms with Gasteiger partial charge in [0.25, 0.3) is 0 Å². The minimum Gasteiger partial charge on any atom is -0.294 e. The number of pyridine rings is 1. The van der Waals surface area contributed by atoms with E-state index >= 15 is 0 Å². The zero-order chi connectivity index (χ0) is 17.2. The minimum atomic E-state index is 0.722. The van der Waals surface area contributed by atoms with Crippen molar-refractivity contribution in [2.45, 2.75) is 19.5 Å². The van der Waals surface area contributed by atoms with Gasteiger partial charge in [0, 0.05) is 65.3 Å². The second-order valence-corrected chi connectivity index (χ2v) is 7.50. The molecule has 3 aromatic rings. The molecule has 0 aliphatic carbocycles. The predicted molar refractivity (Wildman–Crippen MR) is 102 cm³/mol. The van der Waals surface area contributed by atoms with E-state index in [1.54, 1.807) is 6.20 Å². The van der Waals surface area contributed by atoms with E-state index in [1.807, 2.05) is 36.7 Å². The molecule has 6 heteroatoms. The van der Waals surface area contributed by atoms with Crippen LogP contribution in [-0.4, -0.2) is 26.4 Å². The summed E-state index contributed by atoms with van der Waals surface area (Å²) in [6.07, 6.45) is 6.61. The third-order valence-corrected chi connectivity index (χ3v) is 4.97. The van der Waals surface area contributed by atoms with Crippen molar-refractivity contribution in [3.8, 4) is 11.4 Å². The number of halogens is 2. The predicted octanol–water partition coefficient (Wildman–Crippen LogP) is 4.51. The molecule has 2 aromatic heterocycles. The topological polar surface area (TPSA) is 41.9 Å². The lowest BCUT2D eigenvalue weighted by atomic mass is 10.1. The summed E-state index contributed by atoms with van der Waals surface area (Å²) in [5.74, 6) is 0.764. The maximum Gasteiger partial charge on any atom is 0.159 e. The molecule has 0 saturated carbocycles. The average Bonchev–Trinajstić information content (AvgIpc) is 2.62. The summed E-state index contributed by atoms with van der Waals surface area (Å²) < 4.78 is 1.01. The second-order valence-electron chi connectivity index (χ2n) is 6.14. The molecule has 0 amide bonds. The molecule has 25 heavy (non-hydrogen) atoms. The number of benzene rings is 1. The zero-order valence-electron chi connectivity index (χ0n) is 13.5. The smallest absolute Gasteiger partial charge is 0.159 e. The molecule has 0 atom stereocenters. The monoisotopic (exact) mass is 414 g/mol. The van der Waals surface area contributed by atoms with E-state index in [0.717, 1.165) is 52.6 Å². The molecular formula is C19H16BrClN4. The van der Waals surface area contributed by atoms with Gasteiger partial charge < -0.3 is 0 Å². The van der Waals surface area contributed by atoms with E-state index in [2.05, 4.69) is 36.9 Å². The van der Waals surface area contributed by atoms with Gasteiger partial charge in [-0.3, -0.25) is 9.88 Å². The Bertz CT molecular complexity index is 898. The molecule has 0 radical (unpaired) electrons. The minimum absolute atomic E-state index is 0.722. The Labute approximate surface area is 160 Å². The van der Waals surface area contributed by atoms with Crippen molar-refractivity contribution >= 4 is 27.5 Å². The van der Waals surface area contributed by atoms with Gasteiger partial charge in [0.05, 0.1) is 5.69 Å². The lowest BCUT2D eigenvalue weighted by Crippen LogP contribution is -2.31. The van der Waals surface area contributed by atoms with Gasteiger partial charge >= 0.3 is 0 Å². The number of nitrogens with zero attached hydrogens (tertiary/aromatic N) is 4. The summed E-state index contributed by atoms with van der Waals surface area (Å²) in [5.41, 5.74) is 4.54.